The number of rotatable bonds is 3. The molecule has 0 saturated carbocycles. The number of halogens is 3. The lowest BCUT2D eigenvalue weighted by Gasteiger charge is -2.46. The van der Waals surface area contributed by atoms with Gasteiger partial charge in [-0.15, -0.1) is 0 Å². The summed E-state index contributed by atoms with van der Waals surface area (Å²) in [6.45, 7) is 9.63. The van der Waals surface area contributed by atoms with Crippen molar-refractivity contribution in [3.8, 4) is 0 Å². The third kappa shape index (κ3) is 5.18. The molecule has 0 radical (unpaired) electrons. The molecule has 3 aliphatic rings. The van der Waals surface area contributed by atoms with Crippen LogP contribution in [-0.2, 0) is 9.59 Å². The second-order valence-electron chi connectivity index (χ2n) is 10.8. The summed E-state index contributed by atoms with van der Waals surface area (Å²) in [5.74, 6) is -1.82. The van der Waals surface area contributed by atoms with Gasteiger partial charge in [-0.25, -0.2) is 4.79 Å². The van der Waals surface area contributed by atoms with E-state index in [1.165, 1.54) is 0 Å². The lowest BCUT2D eigenvalue weighted by Crippen LogP contribution is -2.53. The first-order valence-electron chi connectivity index (χ1n) is 12.5. The number of carboxylic acids is 1. The highest BCUT2D eigenvalue weighted by molar-refractivity contribution is 5.98. The molecular formula is C26H33F3N4O4. The average Bonchev–Trinajstić information content (AvgIpc) is 3.52. The summed E-state index contributed by atoms with van der Waals surface area (Å²) in [6.07, 6.45) is -0.433. The SMILES string of the molecule is CC(C)CN1CC2(CCN(C(=O)c3ccc4[nH]ccc4c3)CC2)C2(CCNC2=O)C1.O=C(O)C(F)(F)F. The van der Waals surface area contributed by atoms with Crippen LogP contribution < -0.4 is 5.32 Å². The van der Waals surface area contributed by atoms with E-state index in [-0.39, 0.29) is 22.6 Å². The van der Waals surface area contributed by atoms with E-state index in [0.29, 0.717) is 5.92 Å². The van der Waals surface area contributed by atoms with Crippen molar-refractivity contribution in [2.45, 2.75) is 39.3 Å². The molecule has 37 heavy (non-hydrogen) atoms. The number of hydrogen-bond donors (Lipinski definition) is 3. The van der Waals surface area contributed by atoms with E-state index in [1.807, 2.05) is 35.4 Å². The number of aliphatic carboxylic acids is 1. The van der Waals surface area contributed by atoms with Crippen LogP contribution in [0, 0.1) is 16.7 Å². The molecule has 11 heteroatoms. The van der Waals surface area contributed by atoms with Gasteiger partial charge in [-0.3, -0.25) is 9.59 Å². The molecule has 3 fully saturated rings. The highest BCUT2D eigenvalue weighted by Crippen LogP contribution is 2.56. The minimum atomic E-state index is -5.08. The maximum absolute atomic E-state index is 13.2. The van der Waals surface area contributed by atoms with Crippen LogP contribution in [0.5, 0.6) is 0 Å². The van der Waals surface area contributed by atoms with Crippen molar-refractivity contribution in [3.63, 3.8) is 0 Å². The number of nitrogens with zero attached hydrogens (tertiary/aromatic N) is 2. The maximum atomic E-state index is 13.2. The predicted molar refractivity (Wildman–Crippen MR) is 131 cm³/mol. The van der Waals surface area contributed by atoms with Gasteiger partial charge in [-0.2, -0.15) is 13.2 Å². The number of likely N-dealkylation sites (tertiary alicyclic amines) is 2. The van der Waals surface area contributed by atoms with Crippen LogP contribution in [0.4, 0.5) is 13.2 Å². The number of nitrogens with one attached hydrogen (secondary N) is 2. The van der Waals surface area contributed by atoms with Crippen molar-refractivity contribution in [2.24, 2.45) is 16.7 Å². The predicted octanol–water partition coefficient (Wildman–Crippen LogP) is 3.50. The third-order valence-corrected chi connectivity index (χ3v) is 7.98. The van der Waals surface area contributed by atoms with Gasteiger partial charge in [0.1, 0.15) is 0 Å². The molecule has 1 aromatic carbocycles. The molecule has 8 nitrogen and oxygen atoms in total. The Balaban J connectivity index is 0.000000405. The minimum Gasteiger partial charge on any atom is -0.475 e. The number of amides is 2. The molecular weight excluding hydrogens is 489 g/mol. The van der Waals surface area contributed by atoms with Gasteiger partial charge in [0.25, 0.3) is 5.91 Å². The van der Waals surface area contributed by atoms with Crippen LogP contribution in [-0.4, -0.2) is 83.1 Å². The fourth-order valence-electron chi connectivity index (χ4n) is 6.30. The Labute approximate surface area is 213 Å². The van der Waals surface area contributed by atoms with Gasteiger partial charge in [0.05, 0.1) is 5.41 Å². The van der Waals surface area contributed by atoms with Crippen molar-refractivity contribution in [1.82, 2.24) is 20.1 Å². The fourth-order valence-corrected chi connectivity index (χ4v) is 6.30. The maximum Gasteiger partial charge on any atom is 0.490 e. The molecule has 4 heterocycles. The fraction of sp³-hybridized carbons (Fsp3) is 0.577. The number of aromatic nitrogens is 1. The molecule has 1 unspecified atom stereocenters. The van der Waals surface area contributed by atoms with E-state index >= 15 is 0 Å². The van der Waals surface area contributed by atoms with E-state index in [9.17, 15) is 22.8 Å². The monoisotopic (exact) mass is 522 g/mol. The number of carbonyl (C=O) groups is 3. The summed E-state index contributed by atoms with van der Waals surface area (Å²) in [5.41, 5.74) is 1.51. The lowest BCUT2D eigenvalue weighted by molar-refractivity contribution is -0.192. The van der Waals surface area contributed by atoms with Crippen molar-refractivity contribution >= 4 is 28.7 Å². The zero-order chi connectivity index (χ0) is 27.0. The van der Waals surface area contributed by atoms with Crippen LogP contribution in [0.2, 0.25) is 0 Å². The first kappa shape index (κ1) is 27.0. The van der Waals surface area contributed by atoms with Gasteiger partial charge >= 0.3 is 12.1 Å². The quantitative estimate of drug-likeness (QED) is 0.572. The average molecular weight is 523 g/mol. The smallest absolute Gasteiger partial charge is 0.475 e. The molecule has 0 bridgehead atoms. The number of alkyl halides is 3. The summed E-state index contributed by atoms with van der Waals surface area (Å²) in [4.78, 5) is 42.8. The molecule has 3 aliphatic heterocycles. The lowest BCUT2D eigenvalue weighted by atomic mass is 9.60. The Kier molecular flexibility index (Phi) is 7.29. The topological polar surface area (TPSA) is 106 Å². The number of aromatic amines is 1. The molecule has 1 aromatic heterocycles. The van der Waals surface area contributed by atoms with E-state index in [1.54, 1.807) is 0 Å². The molecule has 2 spiro atoms. The first-order chi connectivity index (χ1) is 17.4. The van der Waals surface area contributed by atoms with Crippen LogP contribution in [0.3, 0.4) is 0 Å². The standard InChI is InChI=1S/C24H32N4O2.C2HF3O2/c1-17(2)14-27-15-23(24(16-27)6-10-26-22(24)30)7-11-28(12-8-23)21(29)19-3-4-20-18(13-19)5-9-25-20;3-2(4,5)1(6)7/h3-5,9,13,17,25H,6-8,10-12,14-16H2,1-2H3,(H,26,30);(H,6,7). The summed E-state index contributed by atoms with van der Waals surface area (Å²) in [7, 11) is 0. The van der Waals surface area contributed by atoms with Gasteiger partial charge in [-0.05, 0) is 49.4 Å². The Morgan fingerprint density at radius 3 is 2.35 bits per heavy atom. The van der Waals surface area contributed by atoms with Gasteiger partial charge in [-0.1, -0.05) is 13.8 Å². The van der Waals surface area contributed by atoms with E-state index in [4.69, 9.17) is 9.90 Å². The highest BCUT2D eigenvalue weighted by atomic mass is 19.4. The van der Waals surface area contributed by atoms with Crippen LogP contribution >= 0.6 is 0 Å². The van der Waals surface area contributed by atoms with E-state index in [2.05, 4.69) is 29.0 Å². The van der Waals surface area contributed by atoms with Gasteiger partial charge in [0, 0.05) is 67.3 Å². The molecule has 202 valence electrons. The number of carbonyl (C=O) groups excluding carboxylic acids is 2. The van der Waals surface area contributed by atoms with Crippen molar-refractivity contribution in [2.75, 3.05) is 39.3 Å². The highest BCUT2D eigenvalue weighted by Gasteiger charge is 2.63. The third-order valence-electron chi connectivity index (χ3n) is 7.98. The largest absolute Gasteiger partial charge is 0.490 e. The van der Waals surface area contributed by atoms with Gasteiger partial charge < -0.3 is 25.2 Å². The Morgan fingerprint density at radius 1 is 1.11 bits per heavy atom. The number of benzene rings is 1. The number of hydrogen-bond acceptors (Lipinski definition) is 4. The number of fused-ring (bicyclic) bond motifs is 2. The normalized spacial score (nSPS) is 23.5. The summed E-state index contributed by atoms with van der Waals surface area (Å²) >= 11 is 0. The zero-order valence-electron chi connectivity index (χ0n) is 21.0. The van der Waals surface area contributed by atoms with E-state index in [0.717, 1.165) is 75.0 Å². The van der Waals surface area contributed by atoms with Crippen molar-refractivity contribution < 1.29 is 32.7 Å². The zero-order valence-corrected chi connectivity index (χ0v) is 21.0. The minimum absolute atomic E-state index is 0.0101. The van der Waals surface area contributed by atoms with Gasteiger partial charge in [0.15, 0.2) is 0 Å². The molecule has 5 rings (SSSR count). The Bertz CT molecular complexity index is 1170. The van der Waals surface area contributed by atoms with E-state index < -0.39 is 12.1 Å². The second kappa shape index (κ2) is 10.00. The Morgan fingerprint density at radius 2 is 1.78 bits per heavy atom. The van der Waals surface area contributed by atoms with Crippen molar-refractivity contribution in [3.05, 3.63) is 36.0 Å². The number of carboxylic acid groups (broad SMARTS) is 1. The molecule has 3 saturated heterocycles. The second-order valence-corrected chi connectivity index (χ2v) is 10.8. The van der Waals surface area contributed by atoms with Crippen LogP contribution in [0.1, 0.15) is 43.5 Å². The van der Waals surface area contributed by atoms with Crippen LogP contribution in [0.15, 0.2) is 30.5 Å². The summed E-state index contributed by atoms with van der Waals surface area (Å²) in [6, 6.07) is 7.87. The first-order valence-corrected chi connectivity index (χ1v) is 12.5. The molecule has 3 N–H and O–H groups in total. The van der Waals surface area contributed by atoms with Crippen molar-refractivity contribution in [1.29, 1.82) is 0 Å². The van der Waals surface area contributed by atoms with Gasteiger partial charge in [0.2, 0.25) is 5.91 Å². The van der Waals surface area contributed by atoms with Crippen LogP contribution in [0.25, 0.3) is 10.9 Å². The summed E-state index contributed by atoms with van der Waals surface area (Å²) in [5, 5.41) is 11.3. The number of H-pyrrole nitrogens is 1. The molecule has 0 aliphatic carbocycles. The number of piperidine rings is 1. The molecule has 1 atom stereocenters. The Hall–Kier alpha value is -3.08. The summed E-state index contributed by atoms with van der Waals surface area (Å²) < 4.78 is 31.7. The molecule has 2 aromatic rings. The molecule has 2 amide bonds.